The first-order chi connectivity index (χ1) is 8.54. The zero-order valence-electron chi connectivity index (χ0n) is 11.8. The molecule has 1 aliphatic rings. The molecule has 0 saturated heterocycles. The van der Waals surface area contributed by atoms with Gasteiger partial charge in [0, 0.05) is 6.04 Å². The minimum absolute atomic E-state index is 0.0443. The Bertz CT molecular complexity index is 300. The van der Waals surface area contributed by atoms with Gasteiger partial charge >= 0.3 is 0 Å². The Morgan fingerprint density at radius 3 is 2.33 bits per heavy atom. The summed E-state index contributed by atoms with van der Waals surface area (Å²) in [4.78, 5) is 12.0. The van der Waals surface area contributed by atoms with Crippen molar-refractivity contribution in [3.63, 3.8) is 0 Å². The number of amides is 1. The van der Waals surface area contributed by atoms with Gasteiger partial charge in [-0.3, -0.25) is 10.1 Å². The van der Waals surface area contributed by atoms with Crippen molar-refractivity contribution in [3.05, 3.63) is 0 Å². The number of rotatable bonds is 5. The predicted molar refractivity (Wildman–Crippen MR) is 75.1 cm³/mol. The molecule has 2 N–H and O–H groups in total. The SMILES string of the molecule is C#CC(NC(C)C(=O)NC1CCCCC1)C(C)C. The van der Waals surface area contributed by atoms with E-state index in [9.17, 15) is 4.79 Å². The molecule has 0 aliphatic heterocycles. The van der Waals surface area contributed by atoms with Crippen molar-refractivity contribution in [1.29, 1.82) is 0 Å². The fourth-order valence-electron chi connectivity index (χ4n) is 2.35. The molecule has 2 atom stereocenters. The van der Waals surface area contributed by atoms with Crippen molar-refractivity contribution in [3.8, 4) is 12.3 Å². The second kappa shape index (κ2) is 7.43. The van der Waals surface area contributed by atoms with E-state index >= 15 is 0 Å². The van der Waals surface area contributed by atoms with Gasteiger partial charge in [0.05, 0.1) is 12.1 Å². The predicted octanol–water partition coefficient (Wildman–Crippen LogP) is 2.07. The van der Waals surface area contributed by atoms with Crippen LogP contribution >= 0.6 is 0 Å². The lowest BCUT2D eigenvalue weighted by molar-refractivity contribution is -0.123. The highest BCUT2D eigenvalue weighted by molar-refractivity contribution is 5.81. The summed E-state index contributed by atoms with van der Waals surface area (Å²) in [5.41, 5.74) is 0. The summed E-state index contributed by atoms with van der Waals surface area (Å²) in [5.74, 6) is 3.11. The molecule has 0 aromatic rings. The molecule has 0 aromatic carbocycles. The Morgan fingerprint density at radius 1 is 1.22 bits per heavy atom. The molecule has 3 nitrogen and oxygen atoms in total. The number of terminal acetylenes is 1. The van der Waals surface area contributed by atoms with Gasteiger partial charge in [0.2, 0.25) is 5.91 Å². The van der Waals surface area contributed by atoms with E-state index < -0.39 is 0 Å². The summed E-state index contributed by atoms with van der Waals surface area (Å²) in [6.07, 6.45) is 11.4. The summed E-state index contributed by atoms with van der Waals surface area (Å²) >= 11 is 0. The quantitative estimate of drug-likeness (QED) is 0.733. The topological polar surface area (TPSA) is 41.1 Å². The summed E-state index contributed by atoms with van der Waals surface area (Å²) in [6, 6.07) is 0.0892. The van der Waals surface area contributed by atoms with Gasteiger partial charge in [0.15, 0.2) is 0 Å². The molecule has 1 rings (SSSR count). The standard InChI is InChI=1S/C15H26N2O/c1-5-14(11(2)3)16-12(4)15(18)17-13-9-7-6-8-10-13/h1,11-14,16H,6-10H2,2-4H3,(H,17,18). The van der Waals surface area contributed by atoms with Crippen LogP contribution in [0, 0.1) is 18.3 Å². The lowest BCUT2D eigenvalue weighted by Crippen LogP contribution is -2.50. The van der Waals surface area contributed by atoms with Crippen molar-refractivity contribution >= 4 is 5.91 Å². The van der Waals surface area contributed by atoms with E-state index in [-0.39, 0.29) is 18.0 Å². The van der Waals surface area contributed by atoms with Crippen molar-refractivity contribution in [2.45, 2.75) is 71.0 Å². The molecular weight excluding hydrogens is 224 g/mol. The van der Waals surface area contributed by atoms with Gasteiger partial charge in [0.25, 0.3) is 0 Å². The molecule has 1 aliphatic carbocycles. The average molecular weight is 250 g/mol. The molecule has 0 heterocycles. The number of hydrogen-bond acceptors (Lipinski definition) is 2. The summed E-state index contributed by atoms with van der Waals surface area (Å²) in [6.45, 7) is 6.00. The van der Waals surface area contributed by atoms with E-state index in [1.54, 1.807) is 0 Å². The van der Waals surface area contributed by atoms with Gasteiger partial charge < -0.3 is 5.32 Å². The minimum atomic E-state index is -0.227. The van der Waals surface area contributed by atoms with Crippen molar-refractivity contribution in [2.75, 3.05) is 0 Å². The summed E-state index contributed by atoms with van der Waals surface area (Å²) in [5, 5.41) is 6.32. The van der Waals surface area contributed by atoms with Gasteiger partial charge in [-0.1, -0.05) is 39.0 Å². The zero-order valence-corrected chi connectivity index (χ0v) is 11.8. The highest BCUT2D eigenvalue weighted by atomic mass is 16.2. The highest BCUT2D eigenvalue weighted by Crippen LogP contribution is 2.17. The van der Waals surface area contributed by atoms with Crippen LogP contribution in [-0.2, 0) is 4.79 Å². The molecule has 1 amide bonds. The lowest BCUT2D eigenvalue weighted by Gasteiger charge is -2.26. The normalized spacial score (nSPS) is 20.2. The highest BCUT2D eigenvalue weighted by Gasteiger charge is 2.22. The third kappa shape index (κ3) is 4.70. The molecule has 0 spiro atoms. The molecular formula is C15H26N2O. The molecule has 1 fully saturated rings. The van der Waals surface area contributed by atoms with Crippen LogP contribution in [0.25, 0.3) is 0 Å². The molecule has 102 valence electrons. The maximum absolute atomic E-state index is 12.0. The van der Waals surface area contributed by atoms with Crippen molar-refractivity contribution in [2.24, 2.45) is 5.92 Å². The first-order valence-corrected chi connectivity index (χ1v) is 7.07. The van der Waals surface area contributed by atoms with Crippen LogP contribution in [0.15, 0.2) is 0 Å². The van der Waals surface area contributed by atoms with Crippen molar-refractivity contribution in [1.82, 2.24) is 10.6 Å². The molecule has 2 unspecified atom stereocenters. The molecule has 18 heavy (non-hydrogen) atoms. The largest absolute Gasteiger partial charge is 0.352 e. The van der Waals surface area contributed by atoms with Gasteiger partial charge in [-0.2, -0.15) is 0 Å². The molecule has 0 aromatic heterocycles. The summed E-state index contributed by atoms with van der Waals surface area (Å²) < 4.78 is 0. The molecule has 0 bridgehead atoms. The second-order valence-electron chi connectivity index (χ2n) is 5.62. The van der Waals surface area contributed by atoms with Crippen LogP contribution in [-0.4, -0.2) is 24.0 Å². The number of carbonyl (C=O) groups is 1. The average Bonchev–Trinajstić information content (AvgIpc) is 2.36. The fourth-order valence-corrected chi connectivity index (χ4v) is 2.35. The minimum Gasteiger partial charge on any atom is -0.352 e. The Morgan fingerprint density at radius 2 is 1.83 bits per heavy atom. The third-order valence-electron chi connectivity index (χ3n) is 3.62. The van der Waals surface area contributed by atoms with Crippen LogP contribution < -0.4 is 10.6 Å². The maximum Gasteiger partial charge on any atom is 0.237 e. The third-order valence-corrected chi connectivity index (χ3v) is 3.62. The van der Waals surface area contributed by atoms with E-state index in [2.05, 4.69) is 30.4 Å². The maximum atomic E-state index is 12.0. The monoisotopic (exact) mass is 250 g/mol. The Kier molecular flexibility index (Phi) is 6.21. The van der Waals surface area contributed by atoms with E-state index in [4.69, 9.17) is 6.42 Å². The molecule has 0 radical (unpaired) electrons. The van der Waals surface area contributed by atoms with Gasteiger partial charge in [-0.25, -0.2) is 0 Å². The zero-order chi connectivity index (χ0) is 13.5. The van der Waals surface area contributed by atoms with Gasteiger partial charge in [-0.15, -0.1) is 6.42 Å². The van der Waals surface area contributed by atoms with E-state index in [0.717, 1.165) is 12.8 Å². The first kappa shape index (κ1) is 15.0. The first-order valence-electron chi connectivity index (χ1n) is 7.07. The summed E-state index contributed by atoms with van der Waals surface area (Å²) in [7, 11) is 0. The van der Waals surface area contributed by atoms with Crippen LogP contribution in [0.1, 0.15) is 52.9 Å². The van der Waals surface area contributed by atoms with Crippen LogP contribution in [0.5, 0.6) is 0 Å². The fraction of sp³-hybridized carbons (Fsp3) is 0.800. The smallest absolute Gasteiger partial charge is 0.237 e. The van der Waals surface area contributed by atoms with Crippen LogP contribution in [0.3, 0.4) is 0 Å². The Hall–Kier alpha value is -1.01. The Labute approximate surface area is 111 Å². The number of hydrogen-bond donors (Lipinski definition) is 2. The van der Waals surface area contributed by atoms with E-state index in [0.29, 0.717) is 12.0 Å². The van der Waals surface area contributed by atoms with Gasteiger partial charge in [0.1, 0.15) is 0 Å². The molecule has 1 saturated carbocycles. The van der Waals surface area contributed by atoms with Gasteiger partial charge in [-0.05, 0) is 25.7 Å². The Balaban J connectivity index is 2.38. The van der Waals surface area contributed by atoms with Crippen molar-refractivity contribution < 1.29 is 4.79 Å². The van der Waals surface area contributed by atoms with E-state index in [1.807, 2.05) is 6.92 Å². The van der Waals surface area contributed by atoms with E-state index in [1.165, 1.54) is 19.3 Å². The van der Waals surface area contributed by atoms with Crippen LogP contribution in [0.2, 0.25) is 0 Å². The second-order valence-corrected chi connectivity index (χ2v) is 5.62. The van der Waals surface area contributed by atoms with Crippen LogP contribution in [0.4, 0.5) is 0 Å². The number of carbonyl (C=O) groups excluding carboxylic acids is 1. The lowest BCUT2D eigenvalue weighted by atomic mass is 9.95. The molecule has 3 heteroatoms. The number of nitrogens with one attached hydrogen (secondary N) is 2.